The number of halogens is 1. The van der Waals surface area contributed by atoms with Crippen molar-refractivity contribution in [1.82, 2.24) is 0 Å². The highest BCUT2D eigenvalue weighted by Crippen LogP contribution is 2.26. The molecule has 1 aliphatic carbocycles. The Morgan fingerprint density at radius 1 is 1.13 bits per heavy atom. The van der Waals surface area contributed by atoms with Gasteiger partial charge in [0.2, 0.25) is 0 Å². The van der Waals surface area contributed by atoms with Crippen LogP contribution in [0.15, 0.2) is 24.3 Å². The molecule has 0 radical (unpaired) electrons. The molecule has 4 nitrogen and oxygen atoms in total. The fourth-order valence-corrected chi connectivity index (χ4v) is 2.86. The Morgan fingerprint density at radius 2 is 1.83 bits per heavy atom. The van der Waals surface area contributed by atoms with Gasteiger partial charge < -0.3 is 9.47 Å². The van der Waals surface area contributed by atoms with Crippen LogP contribution in [0.25, 0.3) is 0 Å². The van der Waals surface area contributed by atoms with Gasteiger partial charge in [-0.05, 0) is 56.2 Å². The summed E-state index contributed by atoms with van der Waals surface area (Å²) in [5.41, 5.74) is 0. The van der Waals surface area contributed by atoms with E-state index in [0.29, 0.717) is 17.2 Å². The van der Waals surface area contributed by atoms with Crippen molar-refractivity contribution >= 4 is 23.5 Å². The molecule has 1 aromatic carbocycles. The van der Waals surface area contributed by atoms with Crippen LogP contribution in [-0.2, 0) is 14.3 Å². The molecule has 1 aromatic rings. The fraction of sp³-hybridized carbons (Fsp3) is 0.556. The van der Waals surface area contributed by atoms with Crippen LogP contribution in [0.1, 0.15) is 51.9 Å². The number of hydrogen-bond donors (Lipinski definition) is 0. The van der Waals surface area contributed by atoms with Crippen LogP contribution in [0.3, 0.4) is 0 Å². The highest BCUT2D eigenvalue weighted by atomic mass is 35.5. The van der Waals surface area contributed by atoms with Crippen molar-refractivity contribution in [2.75, 3.05) is 0 Å². The van der Waals surface area contributed by atoms with Gasteiger partial charge in [-0.2, -0.15) is 0 Å². The van der Waals surface area contributed by atoms with E-state index in [4.69, 9.17) is 21.1 Å². The summed E-state index contributed by atoms with van der Waals surface area (Å²) in [6.45, 7) is 2.23. The lowest BCUT2D eigenvalue weighted by atomic mass is 9.89. The van der Waals surface area contributed by atoms with Crippen molar-refractivity contribution in [3.63, 3.8) is 0 Å². The van der Waals surface area contributed by atoms with Crippen molar-refractivity contribution in [2.24, 2.45) is 5.92 Å². The second kappa shape index (κ2) is 8.92. The van der Waals surface area contributed by atoms with Crippen LogP contribution < -0.4 is 4.74 Å². The molecular weight excluding hydrogens is 316 g/mol. The Morgan fingerprint density at radius 3 is 2.52 bits per heavy atom. The van der Waals surface area contributed by atoms with Gasteiger partial charge in [0.15, 0.2) is 0 Å². The summed E-state index contributed by atoms with van der Waals surface area (Å²) in [5, 5.41) is 0.515. The third kappa shape index (κ3) is 6.61. The van der Waals surface area contributed by atoms with Gasteiger partial charge in [0.05, 0.1) is 0 Å². The zero-order valence-corrected chi connectivity index (χ0v) is 14.2. The SMILES string of the molecule is CC1CCC(OC(=O)CCCC(=O)Oc2cccc(Cl)c2)CC1. The highest BCUT2D eigenvalue weighted by Gasteiger charge is 2.21. The first-order valence-corrected chi connectivity index (χ1v) is 8.56. The van der Waals surface area contributed by atoms with E-state index in [2.05, 4.69) is 6.92 Å². The quantitative estimate of drug-likeness (QED) is 0.564. The van der Waals surface area contributed by atoms with Gasteiger partial charge in [-0.15, -0.1) is 0 Å². The molecule has 1 fully saturated rings. The number of ether oxygens (including phenoxy) is 2. The molecule has 0 atom stereocenters. The molecule has 0 bridgehead atoms. The van der Waals surface area contributed by atoms with Gasteiger partial charge in [0.25, 0.3) is 0 Å². The number of benzene rings is 1. The van der Waals surface area contributed by atoms with E-state index in [1.54, 1.807) is 24.3 Å². The van der Waals surface area contributed by atoms with Gasteiger partial charge in [0.1, 0.15) is 11.9 Å². The van der Waals surface area contributed by atoms with E-state index in [1.807, 2.05) is 0 Å². The molecule has 126 valence electrons. The van der Waals surface area contributed by atoms with Gasteiger partial charge in [0, 0.05) is 17.9 Å². The smallest absolute Gasteiger partial charge is 0.311 e. The molecule has 0 saturated heterocycles. The summed E-state index contributed by atoms with van der Waals surface area (Å²) in [6.07, 6.45) is 5.04. The largest absolute Gasteiger partial charge is 0.462 e. The molecule has 0 amide bonds. The predicted molar refractivity (Wildman–Crippen MR) is 88.5 cm³/mol. The lowest BCUT2D eigenvalue weighted by Crippen LogP contribution is -2.23. The first-order valence-electron chi connectivity index (χ1n) is 8.18. The van der Waals surface area contributed by atoms with E-state index in [0.717, 1.165) is 31.6 Å². The average Bonchev–Trinajstić information content (AvgIpc) is 2.49. The van der Waals surface area contributed by atoms with Gasteiger partial charge in [-0.3, -0.25) is 9.59 Å². The molecule has 0 aromatic heterocycles. The average molecular weight is 339 g/mol. The number of esters is 2. The number of carbonyl (C=O) groups excluding carboxylic acids is 2. The normalized spacial score (nSPS) is 20.8. The van der Waals surface area contributed by atoms with Crippen LogP contribution >= 0.6 is 11.6 Å². The van der Waals surface area contributed by atoms with E-state index in [1.165, 1.54) is 0 Å². The Hall–Kier alpha value is -1.55. The Kier molecular flexibility index (Phi) is 6.90. The Bertz CT molecular complexity index is 536. The first-order chi connectivity index (χ1) is 11.0. The van der Waals surface area contributed by atoms with Crippen LogP contribution in [0.5, 0.6) is 5.75 Å². The lowest BCUT2D eigenvalue weighted by molar-refractivity contribution is -0.151. The summed E-state index contributed by atoms with van der Waals surface area (Å²) < 4.78 is 10.6. The summed E-state index contributed by atoms with van der Waals surface area (Å²) in [7, 11) is 0. The van der Waals surface area contributed by atoms with Crippen LogP contribution in [-0.4, -0.2) is 18.0 Å². The van der Waals surface area contributed by atoms with E-state index in [-0.39, 0.29) is 30.9 Å². The third-order valence-corrected chi connectivity index (χ3v) is 4.29. The summed E-state index contributed by atoms with van der Waals surface area (Å²) in [5.74, 6) is 0.555. The molecule has 23 heavy (non-hydrogen) atoms. The maximum absolute atomic E-state index is 11.8. The van der Waals surface area contributed by atoms with Gasteiger partial charge in [-0.25, -0.2) is 0 Å². The minimum Gasteiger partial charge on any atom is -0.462 e. The molecular formula is C18H23ClO4. The minimum absolute atomic E-state index is 0.0529. The molecule has 0 aliphatic heterocycles. The number of rotatable bonds is 6. The molecule has 1 saturated carbocycles. The second-order valence-electron chi connectivity index (χ2n) is 6.16. The highest BCUT2D eigenvalue weighted by molar-refractivity contribution is 6.30. The van der Waals surface area contributed by atoms with E-state index in [9.17, 15) is 9.59 Å². The predicted octanol–water partition coefficient (Wildman–Crippen LogP) is 4.54. The minimum atomic E-state index is -0.369. The zero-order chi connectivity index (χ0) is 16.7. The van der Waals surface area contributed by atoms with Crippen molar-refractivity contribution in [3.8, 4) is 5.75 Å². The van der Waals surface area contributed by atoms with E-state index < -0.39 is 0 Å². The third-order valence-electron chi connectivity index (χ3n) is 4.05. The lowest BCUT2D eigenvalue weighted by Gasteiger charge is -2.25. The summed E-state index contributed by atoms with van der Waals surface area (Å²) in [6, 6.07) is 6.67. The van der Waals surface area contributed by atoms with Crippen molar-refractivity contribution in [3.05, 3.63) is 29.3 Å². The number of hydrogen-bond acceptors (Lipinski definition) is 4. The summed E-state index contributed by atoms with van der Waals surface area (Å²) in [4.78, 5) is 23.5. The Balaban J connectivity index is 1.62. The monoisotopic (exact) mass is 338 g/mol. The van der Waals surface area contributed by atoms with Crippen LogP contribution in [0.4, 0.5) is 0 Å². The number of carbonyl (C=O) groups is 2. The molecule has 0 unspecified atom stereocenters. The second-order valence-corrected chi connectivity index (χ2v) is 6.59. The zero-order valence-electron chi connectivity index (χ0n) is 13.4. The van der Waals surface area contributed by atoms with Crippen molar-refractivity contribution in [2.45, 2.75) is 58.0 Å². The standard InChI is InChI=1S/C18H23ClO4/c1-13-8-10-15(11-9-13)22-17(20)6-3-7-18(21)23-16-5-2-4-14(19)12-16/h2,4-5,12-13,15H,3,6-11H2,1H3. The van der Waals surface area contributed by atoms with Gasteiger partial charge >= 0.3 is 11.9 Å². The van der Waals surface area contributed by atoms with Gasteiger partial charge in [-0.1, -0.05) is 24.6 Å². The van der Waals surface area contributed by atoms with E-state index >= 15 is 0 Å². The molecule has 5 heteroatoms. The maximum atomic E-state index is 11.8. The molecule has 0 heterocycles. The molecule has 1 aliphatic rings. The first kappa shape index (κ1) is 17.8. The van der Waals surface area contributed by atoms with Crippen molar-refractivity contribution < 1.29 is 19.1 Å². The van der Waals surface area contributed by atoms with Crippen LogP contribution in [0, 0.1) is 5.92 Å². The maximum Gasteiger partial charge on any atom is 0.311 e. The summed E-state index contributed by atoms with van der Waals surface area (Å²) >= 11 is 5.82. The molecule has 2 rings (SSSR count). The molecule has 0 spiro atoms. The topological polar surface area (TPSA) is 52.6 Å². The molecule has 0 N–H and O–H groups in total. The Labute approximate surface area is 142 Å². The van der Waals surface area contributed by atoms with Crippen molar-refractivity contribution in [1.29, 1.82) is 0 Å². The van der Waals surface area contributed by atoms with Crippen LogP contribution in [0.2, 0.25) is 5.02 Å². The fourth-order valence-electron chi connectivity index (χ4n) is 2.68.